The number of alkyl halides is 6. The fourth-order valence-corrected chi connectivity index (χ4v) is 2.17. The third-order valence-corrected chi connectivity index (χ3v) is 3.45. The van der Waals surface area contributed by atoms with E-state index in [0.717, 1.165) is 0 Å². The lowest BCUT2D eigenvalue weighted by molar-refractivity contribution is -0.143. The summed E-state index contributed by atoms with van der Waals surface area (Å²) in [6, 6.07) is 6.83. The van der Waals surface area contributed by atoms with E-state index in [9.17, 15) is 31.1 Å². The molecule has 2 aromatic rings. The lowest BCUT2D eigenvalue weighted by Crippen LogP contribution is -2.11. The summed E-state index contributed by atoms with van der Waals surface area (Å²) in [4.78, 5) is 11.5. The normalized spacial score (nSPS) is 12.3. The molecule has 0 N–H and O–H groups in total. The molecule has 128 valence electrons. The quantitative estimate of drug-likeness (QED) is 0.493. The van der Waals surface area contributed by atoms with Crippen molar-refractivity contribution in [2.24, 2.45) is 0 Å². The highest BCUT2D eigenvalue weighted by Crippen LogP contribution is 2.38. The monoisotopic (exact) mass is 346 g/mol. The summed E-state index contributed by atoms with van der Waals surface area (Å²) in [5.41, 5.74) is -2.45. The Morgan fingerprint density at radius 2 is 1.25 bits per heavy atom. The second-order valence-electron chi connectivity index (χ2n) is 5.15. The molecule has 0 fully saturated rings. The number of Topliss-reactive ketones (excluding diaryl/α,β-unsaturated/α-hetero) is 1. The number of rotatable bonds is 3. The van der Waals surface area contributed by atoms with Crippen LogP contribution in [0.3, 0.4) is 0 Å². The van der Waals surface area contributed by atoms with E-state index in [4.69, 9.17) is 0 Å². The third-order valence-electron chi connectivity index (χ3n) is 3.45. The van der Waals surface area contributed by atoms with Crippen LogP contribution in [0.2, 0.25) is 0 Å². The summed E-state index contributed by atoms with van der Waals surface area (Å²) in [5.74, 6) is -0.165. The van der Waals surface area contributed by atoms with Gasteiger partial charge in [0, 0.05) is 12.0 Å². The lowest BCUT2D eigenvalue weighted by Gasteiger charge is -2.14. The van der Waals surface area contributed by atoms with Crippen molar-refractivity contribution in [3.05, 3.63) is 59.2 Å². The van der Waals surface area contributed by atoms with Crippen molar-refractivity contribution < 1.29 is 31.1 Å². The summed E-state index contributed by atoms with van der Waals surface area (Å²) >= 11 is 0. The molecule has 0 atom stereocenters. The largest absolute Gasteiger partial charge is 0.416 e. The molecular formula is C17H12F6O. The second-order valence-corrected chi connectivity index (χ2v) is 5.15. The van der Waals surface area contributed by atoms with Crippen LogP contribution in [0, 0.1) is 0 Å². The Kier molecular flexibility index (Phi) is 4.73. The minimum Gasteiger partial charge on any atom is -0.294 e. The lowest BCUT2D eigenvalue weighted by atomic mass is 9.97. The molecule has 0 amide bonds. The van der Waals surface area contributed by atoms with Gasteiger partial charge >= 0.3 is 12.4 Å². The van der Waals surface area contributed by atoms with Crippen LogP contribution >= 0.6 is 0 Å². The van der Waals surface area contributed by atoms with Crippen molar-refractivity contribution in [1.82, 2.24) is 0 Å². The molecule has 1 nitrogen and oxygen atoms in total. The van der Waals surface area contributed by atoms with E-state index in [1.807, 2.05) is 0 Å². The molecule has 0 radical (unpaired) electrons. The van der Waals surface area contributed by atoms with Gasteiger partial charge in [-0.05, 0) is 29.3 Å². The third kappa shape index (κ3) is 3.96. The summed E-state index contributed by atoms with van der Waals surface area (Å²) in [6.07, 6.45) is -9.54. The predicted molar refractivity (Wildman–Crippen MR) is 76.5 cm³/mol. The van der Waals surface area contributed by atoms with Gasteiger partial charge in [0.25, 0.3) is 0 Å². The number of hydrogen-bond donors (Lipinski definition) is 0. The van der Waals surface area contributed by atoms with E-state index < -0.39 is 23.5 Å². The molecule has 0 aliphatic carbocycles. The van der Waals surface area contributed by atoms with E-state index >= 15 is 0 Å². The first-order valence-corrected chi connectivity index (χ1v) is 6.95. The molecule has 0 aliphatic rings. The van der Waals surface area contributed by atoms with Gasteiger partial charge < -0.3 is 0 Å². The highest BCUT2D eigenvalue weighted by Gasteiger charge is 2.36. The molecule has 2 aromatic carbocycles. The molecule has 24 heavy (non-hydrogen) atoms. The molecule has 7 heteroatoms. The fourth-order valence-electron chi connectivity index (χ4n) is 2.17. The van der Waals surface area contributed by atoms with Crippen molar-refractivity contribution in [2.75, 3.05) is 0 Å². The first-order valence-electron chi connectivity index (χ1n) is 6.95. The smallest absolute Gasteiger partial charge is 0.294 e. The van der Waals surface area contributed by atoms with Crippen LogP contribution in [0.4, 0.5) is 26.3 Å². The van der Waals surface area contributed by atoms with Gasteiger partial charge in [0.05, 0.1) is 11.1 Å². The second kappa shape index (κ2) is 6.30. The van der Waals surface area contributed by atoms with Crippen LogP contribution in [0.15, 0.2) is 42.5 Å². The van der Waals surface area contributed by atoms with Crippen molar-refractivity contribution >= 4 is 5.78 Å². The van der Waals surface area contributed by atoms with Crippen molar-refractivity contribution in [3.63, 3.8) is 0 Å². The van der Waals surface area contributed by atoms with Crippen LogP contribution in [0.25, 0.3) is 11.1 Å². The van der Waals surface area contributed by atoms with Crippen molar-refractivity contribution in [1.29, 1.82) is 0 Å². The van der Waals surface area contributed by atoms with Crippen LogP contribution in [0.1, 0.15) is 34.8 Å². The summed E-state index contributed by atoms with van der Waals surface area (Å²) in [7, 11) is 0. The van der Waals surface area contributed by atoms with E-state index in [2.05, 4.69) is 0 Å². The number of ketones is 1. The Labute approximate surface area is 133 Å². The minimum atomic E-state index is -4.89. The number of hydrogen-bond acceptors (Lipinski definition) is 1. The number of benzene rings is 2. The van der Waals surface area contributed by atoms with Crippen LogP contribution in [-0.2, 0) is 12.4 Å². The molecule has 0 saturated heterocycles. The van der Waals surface area contributed by atoms with E-state index in [-0.39, 0.29) is 29.4 Å². The average Bonchev–Trinajstić information content (AvgIpc) is 2.52. The molecule has 0 spiro atoms. The first-order chi connectivity index (χ1) is 11.0. The molecule has 0 aromatic heterocycles. The van der Waals surface area contributed by atoms with E-state index in [1.54, 1.807) is 6.92 Å². The standard InChI is InChI=1S/C17H12F6O/c1-2-15(24)11-5-3-10(4-6-11)12-7-13(16(18,19)20)9-14(8-12)17(21,22)23/h3-9H,2H2,1H3. The number of carbonyl (C=O) groups is 1. The van der Waals surface area contributed by atoms with Gasteiger partial charge in [-0.15, -0.1) is 0 Å². The molecule has 0 saturated carbocycles. The summed E-state index contributed by atoms with van der Waals surface area (Å²) < 4.78 is 77.1. The predicted octanol–water partition coefficient (Wildman–Crippen LogP) is 5.98. The first kappa shape index (κ1) is 18.0. The Bertz CT molecular complexity index is 709. The van der Waals surface area contributed by atoms with Crippen molar-refractivity contribution in [3.8, 4) is 11.1 Å². The Morgan fingerprint density at radius 3 is 1.62 bits per heavy atom. The average molecular weight is 346 g/mol. The maximum atomic E-state index is 12.9. The molecular weight excluding hydrogens is 334 g/mol. The SMILES string of the molecule is CCC(=O)c1ccc(-c2cc(C(F)(F)F)cc(C(F)(F)F)c2)cc1. The zero-order valence-electron chi connectivity index (χ0n) is 12.4. The molecule has 2 rings (SSSR count). The highest BCUT2D eigenvalue weighted by molar-refractivity contribution is 5.96. The molecule has 0 heterocycles. The Hall–Kier alpha value is -2.31. The van der Waals surface area contributed by atoms with Gasteiger partial charge in [0.15, 0.2) is 5.78 Å². The van der Waals surface area contributed by atoms with Gasteiger partial charge in [0.2, 0.25) is 0 Å². The van der Waals surface area contributed by atoms with Gasteiger partial charge in [-0.2, -0.15) is 26.3 Å². The van der Waals surface area contributed by atoms with Crippen LogP contribution in [-0.4, -0.2) is 5.78 Å². The van der Waals surface area contributed by atoms with Crippen LogP contribution < -0.4 is 0 Å². The number of halogens is 6. The molecule has 0 aliphatic heterocycles. The highest BCUT2D eigenvalue weighted by atomic mass is 19.4. The van der Waals surface area contributed by atoms with Gasteiger partial charge in [0.1, 0.15) is 0 Å². The molecule has 0 bridgehead atoms. The Balaban J connectivity index is 2.55. The summed E-state index contributed by atoms with van der Waals surface area (Å²) in [5, 5.41) is 0. The van der Waals surface area contributed by atoms with Gasteiger partial charge in [-0.1, -0.05) is 31.2 Å². The zero-order valence-corrected chi connectivity index (χ0v) is 12.4. The Morgan fingerprint density at radius 1 is 0.792 bits per heavy atom. The van der Waals surface area contributed by atoms with E-state index in [1.165, 1.54) is 24.3 Å². The maximum Gasteiger partial charge on any atom is 0.416 e. The van der Waals surface area contributed by atoms with Crippen molar-refractivity contribution in [2.45, 2.75) is 25.7 Å². The maximum absolute atomic E-state index is 12.9. The summed E-state index contributed by atoms with van der Waals surface area (Å²) in [6.45, 7) is 1.65. The minimum absolute atomic E-state index is 0.0818. The van der Waals surface area contributed by atoms with Crippen LogP contribution in [0.5, 0.6) is 0 Å². The fraction of sp³-hybridized carbons (Fsp3) is 0.235. The van der Waals surface area contributed by atoms with E-state index in [0.29, 0.717) is 17.7 Å². The molecule has 0 unspecified atom stereocenters. The topological polar surface area (TPSA) is 17.1 Å². The number of carbonyl (C=O) groups excluding carboxylic acids is 1. The van der Waals surface area contributed by atoms with Gasteiger partial charge in [-0.3, -0.25) is 4.79 Å². The zero-order chi connectivity index (χ0) is 18.1. The van der Waals surface area contributed by atoms with Gasteiger partial charge in [-0.25, -0.2) is 0 Å².